The van der Waals surface area contributed by atoms with E-state index in [0.29, 0.717) is 6.54 Å². The molecule has 0 bridgehead atoms. The highest BCUT2D eigenvalue weighted by molar-refractivity contribution is 7.90. The second-order valence-corrected chi connectivity index (χ2v) is 7.15. The Balaban J connectivity index is 2.10. The van der Waals surface area contributed by atoms with E-state index < -0.39 is 9.84 Å². The molecule has 19 heavy (non-hydrogen) atoms. The van der Waals surface area contributed by atoms with E-state index in [1.54, 1.807) is 0 Å². The highest BCUT2D eigenvalue weighted by atomic mass is 32.2. The van der Waals surface area contributed by atoms with E-state index in [4.69, 9.17) is 0 Å². The second-order valence-electron chi connectivity index (χ2n) is 4.96. The Labute approximate surface area is 113 Å². The first-order chi connectivity index (χ1) is 8.87. The summed E-state index contributed by atoms with van der Waals surface area (Å²) >= 11 is 0. The summed E-state index contributed by atoms with van der Waals surface area (Å²) in [6, 6.07) is 7.92. The van der Waals surface area contributed by atoms with Gasteiger partial charge in [-0.25, -0.2) is 8.42 Å². The van der Waals surface area contributed by atoms with Crippen molar-refractivity contribution in [2.24, 2.45) is 7.05 Å². The van der Waals surface area contributed by atoms with Gasteiger partial charge < -0.3 is 5.32 Å². The van der Waals surface area contributed by atoms with Gasteiger partial charge in [-0.05, 0) is 13.0 Å². The quantitative estimate of drug-likeness (QED) is 0.891. The lowest BCUT2D eigenvalue weighted by molar-refractivity contribution is 0.554. The number of hydrogen-bond donors (Lipinski definition) is 1. The minimum Gasteiger partial charge on any atom is -0.308 e. The summed E-state index contributed by atoms with van der Waals surface area (Å²) in [4.78, 5) is 0. The van der Waals surface area contributed by atoms with Gasteiger partial charge >= 0.3 is 0 Å². The molecule has 0 saturated heterocycles. The third-order valence-corrected chi connectivity index (χ3v) is 4.11. The van der Waals surface area contributed by atoms with Crippen LogP contribution in [-0.4, -0.2) is 36.2 Å². The standard InChI is InChI=1S/C13H19N3O2S/c1-10(9-19(3,17)18)14-8-12-11-6-4-5-7-13(11)16(2)15-12/h4-7,10,14H,8-9H2,1-3H3. The Hall–Kier alpha value is -1.40. The molecule has 0 radical (unpaired) electrons. The average molecular weight is 281 g/mol. The van der Waals surface area contributed by atoms with Crippen LogP contribution in [0.25, 0.3) is 10.9 Å². The van der Waals surface area contributed by atoms with Crippen molar-refractivity contribution in [1.29, 1.82) is 0 Å². The summed E-state index contributed by atoms with van der Waals surface area (Å²) in [7, 11) is -1.04. The predicted molar refractivity (Wildman–Crippen MR) is 76.7 cm³/mol. The zero-order valence-corrected chi connectivity index (χ0v) is 12.2. The lowest BCUT2D eigenvalue weighted by Gasteiger charge is -2.11. The Morgan fingerprint density at radius 3 is 2.74 bits per heavy atom. The average Bonchev–Trinajstić information content (AvgIpc) is 2.62. The fourth-order valence-corrected chi connectivity index (χ4v) is 3.23. The second kappa shape index (κ2) is 5.30. The van der Waals surface area contributed by atoms with Crippen LogP contribution < -0.4 is 5.32 Å². The molecule has 0 fully saturated rings. The molecular formula is C13H19N3O2S. The molecule has 1 N–H and O–H groups in total. The predicted octanol–water partition coefficient (Wildman–Crippen LogP) is 1.10. The van der Waals surface area contributed by atoms with Crippen LogP contribution >= 0.6 is 0 Å². The van der Waals surface area contributed by atoms with Gasteiger partial charge in [-0.2, -0.15) is 5.10 Å². The van der Waals surface area contributed by atoms with Crippen LogP contribution in [0, 0.1) is 0 Å². The number of fused-ring (bicyclic) bond motifs is 1. The zero-order valence-electron chi connectivity index (χ0n) is 11.4. The number of para-hydroxylation sites is 1. The molecule has 1 unspecified atom stereocenters. The van der Waals surface area contributed by atoms with E-state index in [0.717, 1.165) is 16.6 Å². The maximum atomic E-state index is 11.2. The fourth-order valence-electron chi connectivity index (χ4n) is 2.20. The normalized spacial score (nSPS) is 13.8. The van der Waals surface area contributed by atoms with Gasteiger partial charge in [0.2, 0.25) is 0 Å². The number of aryl methyl sites for hydroxylation is 1. The molecule has 2 rings (SSSR count). The molecule has 0 aliphatic rings. The maximum Gasteiger partial charge on any atom is 0.148 e. The highest BCUT2D eigenvalue weighted by Crippen LogP contribution is 2.17. The van der Waals surface area contributed by atoms with Gasteiger partial charge in [-0.3, -0.25) is 4.68 Å². The number of hydrogen-bond acceptors (Lipinski definition) is 4. The largest absolute Gasteiger partial charge is 0.308 e. The molecule has 0 amide bonds. The van der Waals surface area contributed by atoms with Gasteiger partial charge in [-0.1, -0.05) is 18.2 Å². The number of sulfone groups is 1. The fraction of sp³-hybridized carbons (Fsp3) is 0.462. The van der Waals surface area contributed by atoms with Crippen molar-refractivity contribution in [3.8, 4) is 0 Å². The summed E-state index contributed by atoms with van der Waals surface area (Å²) in [5.41, 5.74) is 2.02. The molecule has 0 aliphatic heterocycles. The van der Waals surface area contributed by atoms with Gasteiger partial charge in [0.05, 0.1) is 17.0 Å². The van der Waals surface area contributed by atoms with Crippen LogP contribution in [0.2, 0.25) is 0 Å². The molecule has 104 valence electrons. The van der Waals surface area contributed by atoms with E-state index in [1.807, 2.05) is 42.9 Å². The first-order valence-corrected chi connectivity index (χ1v) is 8.24. The highest BCUT2D eigenvalue weighted by Gasteiger charge is 2.12. The Kier molecular flexibility index (Phi) is 3.91. The van der Waals surface area contributed by atoms with E-state index in [2.05, 4.69) is 10.4 Å². The number of aromatic nitrogens is 2. The van der Waals surface area contributed by atoms with Gasteiger partial charge in [-0.15, -0.1) is 0 Å². The van der Waals surface area contributed by atoms with E-state index in [9.17, 15) is 8.42 Å². The van der Waals surface area contributed by atoms with Crippen LogP contribution in [0.15, 0.2) is 24.3 Å². The maximum absolute atomic E-state index is 11.2. The summed E-state index contributed by atoms with van der Waals surface area (Å²) < 4.78 is 24.3. The third kappa shape index (κ3) is 3.54. The van der Waals surface area contributed by atoms with Crippen LogP contribution in [0.1, 0.15) is 12.6 Å². The first kappa shape index (κ1) is 14.0. The van der Waals surface area contributed by atoms with Crippen molar-refractivity contribution in [2.45, 2.75) is 19.5 Å². The SMILES string of the molecule is CC(CS(C)(=O)=O)NCc1nn(C)c2ccccc12. The van der Waals surface area contributed by atoms with Crippen molar-refractivity contribution in [3.05, 3.63) is 30.0 Å². The van der Waals surface area contributed by atoms with Crippen molar-refractivity contribution in [3.63, 3.8) is 0 Å². The van der Waals surface area contributed by atoms with Gasteiger partial charge in [0.15, 0.2) is 0 Å². The number of nitrogens with one attached hydrogen (secondary N) is 1. The third-order valence-electron chi connectivity index (χ3n) is 3.01. The molecule has 1 atom stereocenters. The molecular weight excluding hydrogens is 262 g/mol. The number of rotatable bonds is 5. The Morgan fingerprint density at radius 1 is 1.37 bits per heavy atom. The minimum absolute atomic E-state index is 0.0873. The summed E-state index contributed by atoms with van der Waals surface area (Å²) in [6.07, 6.45) is 1.25. The minimum atomic E-state index is -2.95. The van der Waals surface area contributed by atoms with Gasteiger partial charge in [0.25, 0.3) is 0 Å². The van der Waals surface area contributed by atoms with Crippen LogP contribution in [0.3, 0.4) is 0 Å². The monoisotopic (exact) mass is 281 g/mol. The lowest BCUT2D eigenvalue weighted by Crippen LogP contribution is -2.32. The Morgan fingerprint density at radius 2 is 2.05 bits per heavy atom. The molecule has 0 aliphatic carbocycles. The van der Waals surface area contributed by atoms with Crippen molar-refractivity contribution < 1.29 is 8.42 Å². The van der Waals surface area contributed by atoms with Crippen LogP contribution in [-0.2, 0) is 23.4 Å². The molecule has 1 aromatic heterocycles. The molecule has 2 aromatic rings. The molecule has 6 heteroatoms. The summed E-state index contributed by atoms with van der Waals surface area (Å²) in [5, 5.41) is 8.77. The van der Waals surface area contributed by atoms with Crippen LogP contribution in [0.5, 0.6) is 0 Å². The Bertz CT molecular complexity index is 676. The summed E-state index contributed by atoms with van der Waals surface area (Å²) in [6.45, 7) is 2.43. The molecule has 0 spiro atoms. The van der Waals surface area contributed by atoms with Gasteiger partial charge in [0.1, 0.15) is 9.84 Å². The topological polar surface area (TPSA) is 64.0 Å². The van der Waals surface area contributed by atoms with Crippen molar-refractivity contribution >= 4 is 20.7 Å². The van der Waals surface area contributed by atoms with E-state index in [-0.39, 0.29) is 11.8 Å². The molecule has 1 aromatic carbocycles. The molecule has 0 saturated carbocycles. The van der Waals surface area contributed by atoms with E-state index in [1.165, 1.54) is 6.26 Å². The zero-order chi connectivity index (χ0) is 14.0. The van der Waals surface area contributed by atoms with E-state index >= 15 is 0 Å². The molecule has 5 nitrogen and oxygen atoms in total. The molecule has 1 heterocycles. The van der Waals surface area contributed by atoms with Gasteiger partial charge in [0, 0.05) is 31.3 Å². The van der Waals surface area contributed by atoms with Crippen molar-refractivity contribution in [1.82, 2.24) is 15.1 Å². The first-order valence-electron chi connectivity index (χ1n) is 6.18. The number of benzene rings is 1. The summed E-state index contributed by atoms with van der Waals surface area (Å²) in [5.74, 6) is 0.137. The van der Waals surface area contributed by atoms with Crippen molar-refractivity contribution in [2.75, 3.05) is 12.0 Å². The van der Waals surface area contributed by atoms with Crippen LogP contribution in [0.4, 0.5) is 0 Å². The number of nitrogens with zero attached hydrogens (tertiary/aromatic N) is 2. The lowest BCUT2D eigenvalue weighted by atomic mass is 10.2. The smallest absolute Gasteiger partial charge is 0.148 e.